The van der Waals surface area contributed by atoms with Gasteiger partial charge in [0.25, 0.3) is 0 Å². The van der Waals surface area contributed by atoms with Crippen molar-refractivity contribution in [1.29, 1.82) is 0 Å². The third-order valence-corrected chi connectivity index (χ3v) is 7.35. The molecule has 0 unspecified atom stereocenters. The number of nitrogens with zero attached hydrogens (tertiary/aromatic N) is 3. The van der Waals surface area contributed by atoms with Crippen LogP contribution in [-0.2, 0) is 14.3 Å². The topological polar surface area (TPSA) is 89.9 Å². The zero-order valence-corrected chi connectivity index (χ0v) is 20.9. The highest BCUT2D eigenvalue weighted by molar-refractivity contribution is 7.17. The van der Waals surface area contributed by atoms with Crippen LogP contribution in [0.5, 0.6) is 17.2 Å². The van der Waals surface area contributed by atoms with Crippen molar-refractivity contribution in [2.24, 2.45) is 4.99 Å². The minimum Gasteiger partial charge on any atom is -0.493 e. The number of ether oxygens (including phenoxy) is 4. The van der Waals surface area contributed by atoms with Crippen LogP contribution in [0.2, 0.25) is 0 Å². The molecule has 10 heteroatoms. The SMILES string of the molecule is COc1cc(C2=NCC(=O)N(CC(=O)N3CCOCC3)c3sc(C)c(C)c32)cc(OC)c1OC. The second kappa shape index (κ2) is 10.0. The Hall–Kier alpha value is -3.11. The lowest BCUT2D eigenvalue weighted by atomic mass is 9.99. The summed E-state index contributed by atoms with van der Waals surface area (Å²) in [6, 6.07) is 3.66. The summed E-state index contributed by atoms with van der Waals surface area (Å²) in [5.74, 6) is 1.17. The first-order chi connectivity index (χ1) is 16.4. The molecule has 0 saturated carbocycles. The van der Waals surface area contributed by atoms with Gasteiger partial charge in [-0.3, -0.25) is 19.5 Å². The Bertz CT molecular complexity index is 1110. The van der Waals surface area contributed by atoms with Gasteiger partial charge in [0, 0.05) is 29.1 Å². The molecule has 0 bridgehead atoms. The molecule has 0 N–H and O–H groups in total. The normalized spacial score (nSPS) is 16.0. The lowest BCUT2D eigenvalue weighted by Gasteiger charge is -2.29. The zero-order chi connectivity index (χ0) is 24.4. The fourth-order valence-corrected chi connectivity index (χ4v) is 5.34. The van der Waals surface area contributed by atoms with Crippen molar-refractivity contribution in [3.05, 3.63) is 33.7 Å². The first kappa shape index (κ1) is 24.0. The van der Waals surface area contributed by atoms with E-state index in [1.165, 1.54) is 11.3 Å². The summed E-state index contributed by atoms with van der Waals surface area (Å²) in [6.45, 7) is 6.01. The van der Waals surface area contributed by atoms with Crippen molar-refractivity contribution in [3.8, 4) is 17.2 Å². The summed E-state index contributed by atoms with van der Waals surface area (Å²) in [4.78, 5) is 35.3. The van der Waals surface area contributed by atoms with Gasteiger partial charge in [0.2, 0.25) is 17.6 Å². The van der Waals surface area contributed by atoms with E-state index in [-0.39, 0.29) is 24.9 Å². The van der Waals surface area contributed by atoms with Crippen LogP contribution in [0.3, 0.4) is 0 Å². The van der Waals surface area contributed by atoms with E-state index in [2.05, 4.69) is 0 Å². The molecule has 4 rings (SSSR count). The van der Waals surface area contributed by atoms with Gasteiger partial charge < -0.3 is 23.8 Å². The van der Waals surface area contributed by atoms with Gasteiger partial charge in [-0.2, -0.15) is 0 Å². The van der Waals surface area contributed by atoms with Crippen LogP contribution in [-0.4, -0.2) is 83.1 Å². The molecule has 182 valence electrons. The highest BCUT2D eigenvalue weighted by Gasteiger charge is 2.32. The van der Waals surface area contributed by atoms with Crippen LogP contribution in [0.15, 0.2) is 17.1 Å². The van der Waals surface area contributed by atoms with Crippen molar-refractivity contribution in [2.45, 2.75) is 13.8 Å². The van der Waals surface area contributed by atoms with E-state index in [0.29, 0.717) is 49.3 Å². The second-order valence-electron chi connectivity index (χ2n) is 8.02. The summed E-state index contributed by atoms with van der Waals surface area (Å²) in [7, 11) is 4.67. The largest absolute Gasteiger partial charge is 0.493 e. The molecule has 1 saturated heterocycles. The smallest absolute Gasteiger partial charge is 0.249 e. The number of benzene rings is 1. The summed E-state index contributed by atoms with van der Waals surface area (Å²) in [5, 5.41) is 0.728. The summed E-state index contributed by atoms with van der Waals surface area (Å²) >= 11 is 1.50. The molecule has 0 atom stereocenters. The zero-order valence-electron chi connectivity index (χ0n) is 20.1. The van der Waals surface area contributed by atoms with E-state index in [1.54, 1.807) is 31.1 Å². The van der Waals surface area contributed by atoms with Crippen LogP contribution in [0, 0.1) is 13.8 Å². The predicted molar refractivity (Wildman–Crippen MR) is 130 cm³/mol. The van der Waals surface area contributed by atoms with Crippen LogP contribution < -0.4 is 19.1 Å². The summed E-state index contributed by atoms with van der Waals surface area (Å²) < 4.78 is 21.9. The fraction of sp³-hybridized carbons (Fsp3) is 0.458. The Morgan fingerprint density at radius 2 is 1.74 bits per heavy atom. The maximum absolute atomic E-state index is 13.2. The number of morpholine rings is 1. The monoisotopic (exact) mass is 487 g/mol. The molecule has 0 spiro atoms. The second-order valence-corrected chi connectivity index (χ2v) is 9.22. The summed E-state index contributed by atoms with van der Waals surface area (Å²) in [6.07, 6.45) is 0. The number of rotatable bonds is 6. The molecule has 2 aliphatic rings. The number of aliphatic imine (C=N–C) groups is 1. The van der Waals surface area contributed by atoms with Crippen LogP contribution in [0.25, 0.3) is 0 Å². The van der Waals surface area contributed by atoms with Gasteiger partial charge in [-0.05, 0) is 31.5 Å². The maximum atomic E-state index is 13.2. The highest BCUT2D eigenvalue weighted by Crippen LogP contribution is 2.42. The molecule has 1 fully saturated rings. The highest BCUT2D eigenvalue weighted by atomic mass is 32.1. The number of carbonyl (C=O) groups is 2. The third-order valence-electron chi connectivity index (χ3n) is 6.12. The number of aryl methyl sites for hydroxylation is 1. The van der Waals surface area contributed by atoms with Crippen molar-refractivity contribution in [2.75, 3.05) is 65.6 Å². The lowest BCUT2D eigenvalue weighted by Crippen LogP contribution is -2.47. The van der Waals surface area contributed by atoms with E-state index >= 15 is 0 Å². The van der Waals surface area contributed by atoms with Gasteiger partial charge in [0.05, 0.1) is 40.3 Å². The molecule has 1 aromatic carbocycles. The van der Waals surface area contributed by atoms with Crippen LogP contribution in [0.1, 0.15) is 21.6 Å². The number of hydrogen-bond donors (Lipinski definition) is 0. The molecule has 0 aliphatic carbocycles. The maximum Gasteiger partial charge on any atom is 0.249 e. The van der Waals surface area contributed by atoms with Gasteiger partial charge in [-0.25, -0.2) is 0 Å². The van der Waals surface area contributed by atoms with Crippen molar-refractivity contribution < 1.29 is 28.5 Å². The van der Waals surface area contributed by atoms with E-state index in [9.17, 15) is 9.59 Å². The first-order valence-corrected chi connectivity index (χ1v) is 11.8. The number of carbonyl (C=O) groups excluding carboxylic acids is 2. The standard InChI is InChI=1S/C24H29N3O6S/c1-14-15(2)34-24-21(14)22(16-10-17(30-3)23(32-5)18(11-16)31-4)25-12-19(28)27(24)13-20(29)26-6-8-33-9-7-26/h10-11H,6-9,12-13H2,1-5H3. The Balaban J connectivity index is 1.78. The van der Waals surface area contributed by atoms with Crippen LogP contribution >= 0.6 is 11.3 Å². The van der Waals surface area contributed by atoms with Crippen molar-refractivity contribution >= 4 is 33.9 Å². The molecule has 2 aliphatic heterocycles. The molecule has 34 heavy (non-hydrogen) atoms. The van der Waals surface area contributed by atoms with Crippen LogP contribution in [0.4, 0.5) is 5.00 Å². The molecular weight excluding hydrogens is 458 g/mol. The van der Waals surface area contributed by atoms with E-state index in [0.717, 1.165) is 26.6 Å². The average molecular weight is 488 g/mol. The Morgan fingerprint density at radius 1 is 1.09 bits per heavy atom. The van der Waals surface area contributed by atoms with Crippen molar-refractivity contribution in [1.82, 2.24) is 4.90 Å². The Labute approximate surface area is 202 Å². The Kier molecular flexibility index (Phi) is 7.08. The molecular formula is C24H29N3O6S. The third kappa shape index (κ3) is 4.35. The lowest BCUT2D eigenvalue weighted by molar-refractivity contribution is -0.134. The van der Waals surface area contributed by atoms with E-state index < -0.39 is 0 Å². The number of fused-ring (bicyclic) bond motifs is 1. The van der Waals surface area contributed by atoms with Gasteiger partial charge in [0.1, 0.15) is 18.1 Å². The molecule has 2 amide bonds. The molecule has 0 radical (unpaired) electrons. The van der Waals surface area contributed by atoms with Gasteiger partial charge in [0.15, 0.2) is 11.5 Å². The number of amides is 2. The van der Waals surface area contributed by atoms with Gasteiger partial charge >= 0.3 is 0 Å². The first-order valence-electron chi connectivity index (χ1n) is 11.0. The molecule has 1 aromatic heterocycles. The van der Waals surface area contributed by atoms with Gasteiger partial charge in [-0.15, -0.1) is 11.3 Å². The number of methoxy groups -OCH3 is 3. The Morgan fingerprint density at radius 3 is 2.32 bits per heavy atom. The number of hydrogen-bond acceptors (Lipinski definition) is 8. The molecule has 3 heterocycles. The summed E-state index contributed by atoms with van der Waals surface area (Å²) in [5.41, 5.74) is 3.26. The predicted octanol–water partition coefficient (Wildman–Crippen LogP) is 2.43. The minimum absolute atomic E-state index is 0.0245. The van der Waals surface area contributed by atoms with E-state index in [1.807, 2.05) is 26.0 Å². The number of thiophene rings is 1. The number of anilines is 1. The quantitative estimate of drug-likeness (QED) is 0.622. The molecule has 2 aromatic rings. The van der Waals surface area contributed by atoms with Gasteiger partial charge in [-0.1, -0.05) is 0 Å². The molecule has 9 nitrogen and oxygen atoms in total. The van der Waals surface area contributed by atoms with Crippen molar-refractivity contribution in [3.63, 3.8) is 0 Å². The fourth-order valence-electron chi connectivity index (χ4n) is 4.16. The van der Waals surface area contributed by atoms with E-state index in [4.69, 9.17) is 23.9 Å². The average Bonchev–Trinajstić information content (AvgIpc) is 3.07. The minimum atomic E-state index is -0.216.